The highest BCUT2D eigenvalue weighted by Crippen LogP contribution is 2.39. The van der Waals surface area contributed by atoms with Crippen LogP contribution in [-0.4, -0.2) is 19.9 Å². The Morgan fingerprint density at radius 2 is 2.00 bits per heavy atom. The van der Waals surface area contributed by atoms with Crippen LogP contribution in [0, 0.1) is 0 Å². The average molecular weight is 330 g/mol. The van der Waals surface area contributed by atoms with Gasteiger partial charge < -0.3 is 4.42 Å². The number of aromatic nitrogens is 1. The number of sulfonamides is 1. The van der Waals surface area contributed by atoms with Gasteiger partial charge in [-0.05, 0) is 23.8 Å². The number of aromatic amines is 1. The summed E-state index contributed by atoms with van der Waals surface area (Å²) in [5, 5.41) is 0. The Bertz CT molecular complexity index is 1060. The van der Waals surface area contributed by atoms with Gasteiger partial charge in [0.1, 0.15) is 0 Å². The van der Waals surface area contributed by atoms with Crippen LogP contribution in [0.15, 0.2) is 56.6 Å². The van der Waals surface area contributed by atoms with Crippen LogP contribution in [0.4, 0.5) is 5.69 Å². The highest BCUT2D eigenvalue weighted by Gasteiger charge is 2.34. The van der Waals surface area contributed by atoms with Crippen molar-refractivity contribution in [3.63, 3.8) is 0 Å². The molecular formula is C16H14N2O4S. The molecule has 0 saturated carbocycles. The molecule has 0 unspecified atom stereocenters. The lowest BCUT2D eigenvalue weighted by atomic mass is 10.0. The molecule has 6 nitrogen and oxygen atoms in total. The summed E-state index contributed by atoms with van der Waals surface area (Å²) >= 11 is 0. The van der Waals surface area contributed by atoms with E-state index in [1.54, 1.807) is 6.07 Å². The van der Waals surface area contributed by atoms with Gasteiger partial charge >= 0.3 is 5.76 Å². The van der Waals surface area contributed by atoms with Crippen LogP contribution in [0.3, 0.4) is 0 Å². The Hall–Kier alpha value is -2.54. The molecule has 3 aromatic rings. The molecule has 1 atom stereocenters. The van der Waals surface area contributed by atoms with E-state index in [4.69, 9.17) is 4.42 Å². The van der Waals surface area contributed by atoms with Crippen molar-refractivity contribution >= 4 is 26.8 Å². The number of hydrogen-bond donors (Lipinski definition) is 1. The van der Waals surface area contributed by atoms with E-state index >= 15 is 0 Å². The minimum Gasteiger partial charge on any atom is -0.408 e. The van der Waals surface area contributed by atoms with Crippen molar-refractivity contribution in [1.82, 2.24) is 4.98 Å². The van der Waals surface area contributed by atoms with E-state index < -0.39 is 15.8 Å². The largest absolute Gasteiger partial charge is 0.417 e. The fraction of sp³-hybridized carbons (Fsp3) is 0.188. The average Bonchev–Trinajstić information content (AvgIpc) is 3.07. The van der Waals surface area contributed by atoms with Crippen molar-refractivity contribution in [3.8, 4) is 0 Å². The van der Waals surface area contributed by atoms with E-state index in [9.17, 15) is 13.2 Å². The van der Waals surface area contributed by atoms with E-state index in [1.165, 1.54) is 16.4 Å². The highest BCUT2D eigenvalue weighted by molar-refractivity contribution is 7.92. The first-order valence-electron chi connectivity index (χ1n) is 7.21. The summed E-state index contributed by atoms with van der Waals surface area (Å²) in [6.45, 7) is 2.40. The summed E-state index contributed by atoms with van der Waals surface area (Å²) < 4.78 is 32.4. The summed E-state index contributed by atoms with van der Waals surface area (Å²) in [7, 11) is -3.71. The van der Waals surface area contributed by atoms with Gasteiger partial charge in [0.25, 0.3) is 10.0 Å². The molecule has 1 N–H and O–H groups in total. The standard InChI is InChI=1S/C16H14N2O4S/c1-10-9-18(14-5-3-2-4-12(10)14)23(20,21)11-6-7-13-15(8-11)22-16(19)17-13/h2-8,10H,9H2,1H3,(H,17,19)/t10-/m1/s1. The highest BCUT2D eigenvalue weighted by atomic mass is 32.2. The minimum atomic E-state index is -3.71. The van der Waals surface area contributed by atoms with Crippen molar-refractivity contribution in [1.29, 1.82) is 0 Å². The van der Waals surface area contributed by atoms with Crippen LogP contribution in [0.25, 0.3) is 11.1 Å². The van der Waals surface area contributed by atoms with Crippen molar-refractivity contribution < 1.29 is 12.8 Å². The summed E-state index contributed by atoms with van der Waals surface area (Å²) in [4.78, 5) is 13.8. The fourth-order valence-electron chi connectivity index (χ4n) is 3.02. The third kappa shape index (κ3) is 2.08. The zero-order chi connectivity index (χ0) is 16.2. The first-order valence-corrected chi connectivity index (χ1v) is 8.65. The Labute approximate surface area is 132 Å². The summed E-state index contributed by atoms with van der Waals surface area (Å²) in [5.41, 5.74) is 2.43. The molecule has 1 aromatic heterocycles. The maximum absolute atomic E-state index is 13.0. The van der Waals surface area contributed by atoms with E-state index in [0.29, 0.717) is 17.7 Å². The van der Waals surface area contributed by atoms with E-state index in [2.05, 4.69) is 4.98 Å². The number of anilines is 1. The normalized spacial score (nSPS) is 17.6. The molecule has 0 spiro atoms. The molecular weight excluding hydrogens is 316 g/mol. The first kappa shape index (κ1) is 14.1. The Morgan fingerprint density at radius 1 is 1.22 bits per heavy atom. The van der Waals surface area contributed by atoms with Crippen LogP contribution >= 0.6 is 0 Å². The van der Waals surface area contributed by atoms with Crippen LogP contribution in [0.2, 0.25) is 0 Å². The molecule has 0 radical (unpaired) electrons. The third-order valence-electron chi connectivity index (χ3n) is 4.16. The number of H-pyrrole nitrogens is 1. The van der Waals surface area contributed by atoms with E-state index in [0.717, 1.165) is 5.56 Å². The number of rotatable bonds is 2. The molecule has 23 heavy (non-hydrogen) atoms. The number of oxazole rings is 1. The summed E-state index contributed by atoms with van der Waals surface area (Å²) in [5.74, 6) is -0.468. The molecule has 2 heterocycles. The zero-order valence-electron chi connectivity index (χ0n) is 12.3. The van der Waals surface area contributed by atoms with Crippen LogP contribution in [-0.2, 0) is 10.0 Å². The van der Waals surface area contributed by atoms with Gasteiger partial charge in [0.15, 0.2) is 5.58 Å². The number of nitrogens with one attached hydrogen (secondary N) is 1. The van der Waals surface area contributed by atoms with Crippen molar-refractivity contribution in [2.45, 2.75) is 17.7 Å². The lowest BCUT2D eigenvalue weighted by molar-refractivity contribution is 0.553. The quantitative estimate of drug-likeness (QED) is 0.782. The summed E-state index contributed by atoms with van der Waals surface area (Å²) in [6, 6.07) is 11.9. The topological polar surface area (TPSA) is 83.4 Å². The summed E-state index contributed by atoms with van der Waals surface area (Å²) in [6.07, 6.45) is 0. The third-order valence-corrected chi connectivity index (χ3v) is 5.93. The van der Waals surface area contributed by atoms with E-state index in [-0.39, 0.29) is 16.4 Å². The lowest BCUT2D eigenvalue weighted by Gasteiger charge is -2.19. The van der Waals surface area contributed by atoms with Gasteiger partial charge in [-0.15, -0.1) is 0 Å². The molecule has 0 aliphatic carbocycles. The van der Waals surface area contributed by atoms with Crippen molar-refractivity contribution in [2.75, 3.05) is 10.8 Å². The lowest BCUT2D eigenvalue weighted by Crippen LogP contribution is -2.29. The maximum atomic E-state index is 13.0. The monoisotopic (exact) mass is 330 g/mol. The maximum Gasteiger partial charge on any atom is 0.417 e. The van der Waals surface area contributed by atoms with Crippen LogP contribution < -0.4 is 10.1 Å². The molecule has 0 amide bonds. The Kier molecular flexibility index (Phi) is 2.89. The zero-order valence-corrected chi connectivity index (χ0v) is 13.1. The molecule has 118 valence electrons. The molecule has 1 aliphatic rings. The minimum absolute atomic E-state index is 0.108. The number of para-hydroxylation sites is 1. The number of benzene rings is 2. The fourth-order valence-corrected chi connectivity index (χ4v) is 4.61. The van der Waals surface area contributed by atoms with Gasteiger partial charge in [-0.3, -0.25) is 9.29 Å². The first-order chi connectivity index (χ1) is 11.0. The van der Waals surface area contributed by atoms with Crippen molar-refractivity contribution in [2.24, 2.45) is 0 Å². The predicted octanol–water partition coefficient (Wildman–Crippen LogP) is 2.43. The van der Waals surface area contributed by atoms with Gasteiger partial charge in [-0.1, -0.05) is 25.1 Å². The van der Waals surface area contributed by atoms with Crippen molar-refractivity contribution in [3.05, 3.63) is 58.6 Å². The molecule has 7 heteroatoms. The molecule has 0 saturated heterocycles. The smallest absolute Gasteiger partial charge is 0.408 e. The Balaban J connectivity index is 1.85. The number of fused-ring (bicyclic) bond motifs is 2. The van der Waals surface area contributed by atoms with E-state index in [1.807, 2.05) is 31.2 Å². The second-order valence-corrected chi connectivity index (χ2v) is 7.53. The molecule has 2 aromatic carbocycles. The Morgan fingerprint density at radius 3 is 2.83 bits per heavy atom. The SMILES string of the molecule is C[C@@H]1CN(S(=O)(=O)c2ccc3[nH]c(=O)oc3c2)c2ccccc21. The van der Waals surface area contributed by atoms with Gasteiger partial charge in [-0.2, -0.15) is 0 Å². The number of hydrogen-bond acceptors (Lipinski definition) is 4. The molecule has 1 aliphatic heterocycles. The van der Waals surface area contributed by atoms with Crippen LogP contribution in [0.1, 0.15) is 18.4 Å². The van der Waals surface area contributed by atoms with Gasteiger partial charge in [0.2, 0.25) is 0 Å². The van der Waals surface area contributed by atoms with Crippen LogP contribution in [0.5, 0.6) is 0 Å². The molecule has 0 fully saturated rings. The molecule has 0 bridgehead atoms. The van der Waals surface area contributed by atoms with Gasteiger partial charge in [0, 0.05) is 18.5 Å². The number of nitrogens with zero attached hydrogens (tertiary/aromatic N) is 1. The predicted molar refractivity (Wildman–Crippen MR) is 86.2 cm³/mol. The second-order valence-electron chi connectivity index (χ2n) is 5.67. The second kappa shape index (κ2) is 4.73. The van der Waals surface area contributed by atoms with Gasteiger partial charge in [0.05, 0.1) is 16.1 Å². The van der Waals surface area contributed by atoms with Gasteiger partial charge in [-0.25, -0.2) is 13.2 Å². The molecule has 4 rings (SSSR count).